The van der Waals surface area contributed by atoms with Crippen LogP contribution in [0.15, 0.2) is 23.6 Å². The molecule has 0 amide bonds. The van der Waals surface area contributed by atoms with Crippen molar-refractivity contribution < 1.29 is 9.66 Å². The van der Waals surface area contributed by atoms with Crippen LogP contribution in [0, 0.1) is 17.0 Å². The summed E-state index contributed by atoms with van der Waals surface area (Å²) in [6.07, 6.45) is 0.925. The van der Waals surface area contributed by atoms with Gasteiger partial charge in [-0.05, 0) is 32.4 Å². The van der Waals surface area contributed by atoms with Crippen LogP contribution in [0.1, 0.15) is 19.0 Å². The largest absolute Gasteiger partial charge is 0.487 e. The molecule has 2 heterocycles. The molecule has 0 N–H and O–H groups in total. The quantitative estimate of drug-likeness (QED) is 0.599. The minimum Gasteiger partial charge on any atom is -0.487 e. The van der Waals surface area contributed by atoms with Crippen molar-refractivity contribution in [2.45, 2.75) is 20.3 Å². The van der Waals surface area contributed by atoms with Crippen molar-refractivity contribution in [1.29, 1.82) is 0 Å². The Hall–Kier alpha value is -2.35. The molecule has 1 fully saturated rings. The van der Waals surface area contributed by atoms with E-state index in [-0.39, 0.29) is 10.6 Å². The number of hydrogen-bond acceptors (Lipinski definition) is 7. The summed E-state index contributed by atoms with van der Waals surface area (Å²) in [5.74, 6) is 0.335. The summed E-state index contributed by atoms with van der Waals surface area (Å²) in [7, 11) is 0. The fourth-order valence-corrected chi connectivity index (χ4v) is 3.91. The van der Waals surface area contributed by atoms with Crippen molar-refractivity contribution in [3.63, 3.8) is 0 Å². The van der Waals surface area contributed by atoms with Crippen LogP contribution >= 0.6 is 11.3 Å². The predicted molar refractivity (Wildman–Crippen MR) is 100 cm³/mol. The lowest BCUT2D eigenvalue weighted by Crippen LogP contribution is -2.31. The summed E-state index contributed by atoms with van der Waals surface area (Å²) >= 11 is 1.65. The number of ether oxygens (including phenoxy) is 1. The number of anilines is 2. The van der Waals surface area contributed by atoms with Gasteiger partial charge in [-0.3, -0.25) is 10.1 Å². The lowest BCUT2D eigenvalue weighted by molar-refractivity contribution is -0.385. The molecule has 1 saturated heterocycles. The van der Waals surface area contributed by atoms with Crippen LogP contribution in [0.5, 0.6) is 5.75 Å². The normalized spacial score (nSPS) is 15.1. The van der Waals surface area contributed by atoms with Crippen LogP contribution < -0.4 is 14.5 Å². The first-order chi connectivity index (χ1) is 12.1. The number of benzene rings is 1. The van der Waals surface area contributed by atoms with E-state index in [9.17, 15) is 10.1 Å². The van der Waals surface area contributed by atoms with Crippen LogP contribution in [-0.2, 0) is 0 Å². The van der Waals surface area contributed by atoms with Gasteiger partial charge < -0.3 is 14.5 Å². The van der Waals surface area contributed by atoms with Gasteiger partial charge >= 0.3 is 5.69 Å². The summed E-state index contributed by atoms with van der Waals surface area (Å²) < 4.78 is 5.47. The molecule has 3 rings (SSSR count). The van der Waals surface area contributed by atoms with Gasteiger partial charge in [0.05, 0.1) is 17.2 Å². The van der Waals surface area contributed by atoms with E-state index in [0.717, 1.165) is 43.4 Å². The molecule has 7 nitrogen and oxygen atoms in total. The van der Waals surface area contributed by atoms with Gasteiger partial charge in [0.25, 0.3) is 0 Å². The fourth-order valence-electron chi connectivity index (χ4n) is 3.06. The molecule has 134 valence electrons. The molecule has 0 unspecified atom stereocenters. The fraction of sp³-hybridized carbons (Fsp3) is 0.471. The molecule has 0 radical (unpaired) electrons. The third-order valence-corrected chi connectivity index (χ3v) is 5.19. The predicted octanol–water partition coefficient (Wildman–Crippen LogP) is 3.48. The van der Waals surface area contributed by atoms with Gasteiger partial charge in [-0.2, -0.15) is 0 Å². The van der Waals surface area contributed by atoms with E-state index in [1.165, 1.54) is 0 Å². The summed E-state index contributed by atoms with van der Waals surface area (Å²) in [6.45, 7) is 7.42. The monoisotopic (exact) mass is 362 g/mol. The lowest BCUT2D eigenvalue weighted by Gasteiger charge is -2.23. The van der Waals surface area contributed by atoms with Crippen molar-refractivity contribution in [2.24, 2.45) is 0 Å². The Balaban J connectivity index is 1.83. The zero-order chi connectivity index (χ0) is 17.8. The van der Waals surface area contributed by atoms with Crippen LogP contribution in [-0.4, -0.2) is 42.7 Å². The van der Waals surface area contributed by atoms with Crippen LogP contribution in [0.4, 0.5) is 16.5 Å². The van der Waals surface area contributed by atoms with Gasteiger partial charge in [0.1, 0.15) is 5.69 Å². The third kappa shape index (κ3) is 3.84. The van der Waals surface area contributed by atoms with Gasteiger partial charge in [0.15, 0.2) is 10.9 Å². The summed E-state index contributed by atoms with van der Waals surface area (Å²) in [4.78, 5) is 20.2. The number of nitrogens with zero attached hydrogens (tertiary/aromatic N) is 4. The maximum Gasteiger partial charge on any atom is 0.333 e. The first-order valence-corrected chi connectivity index (χ1v) is 9.30. The number of para-hydroxylation sites is 1. The van der Waals surface area contributed by atoms with Gasteiger partial charge in [-0.15, -0.1) is 11.3 Å². The van der Waals surface area contributed by atoms with E-state index in [4.69, 9.17) is 4.74 Å². The summed E-state index contributed by atoms with van der Waals surface area (Å²) in [5, 5.41) is 14.7. The average molecular weight is 362 g/mol. The number of rotatable bonds is 5. The Morgan fingerprint density at radius 3 is 2.72 bits per heavy atom. The Labute approximate surface area is 151 Å². The summed E-state index contributed by atoms with van der Waals surface area (Å²) in [5.41, 5.74) is 1.72. The first-order valence-electron chi connectivity index (χ1n) is 8.42. The van der Waals surface area contributed by atoms with Crippen molar-refractivity contribution in [3.8, 4) is 5.75 Å². The molecule has 0 atom stereocenters. The summed E-state index contributed by atoms with van der Waals surface area (Å²) in [6, 6.07) is 5.29. The van der Waals surface area contributed by atoms with Gasteiger partial charge in [0.2, 0.25) is 0 Å². The average Bonchev–Trinajstić information content (AvgIpc) is 2.88. The number of aromatic nitrogens is 1. The topological polar surface area (TPSA) is 71.7 Å². The van der Waals surface area contributed by atoms with E-state index in [0.29, 0.717) is 18.0 Å². The van der Waals surface area contributed by atoms with E-state index >= 15 is 0 Å². The molecule has 1 aromatic heterocycles. The molecule has 0 bridgehead atoms. The number of aryl methyl sites for hydroxylation is 1. The van der Waals surface area contributed by atoms with Crippen molar-refractivity contribution >= 4 is 27.8 Å². The van der Waals surface area contributed by atoms with Crippen LogP contribution in [0.3, 0.4) is 0 Å². The Bertz CT molecular complexity index is 749. The molecule has 2 aromatic rings. The molecule has 25 heavy (non-hydrogen) atoms. The van der Waals surface area contributed by atoms with E-state index in [1.54, 1.807) is 17.4 Å². The number of hydrogen-bond donors (Lipinski definition) is 0. The second kappa shape index (κ2) is 7.69. The second-order valence-corrected chi connectivity index (χ2v) is 6.75. The zero-order valence-electron chi connectivity index (χ0n) is 14.5. The maximum atomic E-state index is 11.6. The molecule has 0 spiro atoms. The minimum atomic E-state index is -0.340. The second-order valence-electron chi connectivity index (χ2n) is 5.91. The highest BCUT2D eigenvalue weighted by atomic mass is 32.1. The van der Waals surface area contributed by atoms with Crippen molar-refractivity contribution in [3.05, 3.63) is 39.4 Å². The van der Waals surface area contributed by atoms with Crippen LogP contribution in [0.25, 0.3) is 0 Å². The van der Waals surface area contributed by atoms with Gasteiger partial charge in [0, 0.05) is 31.6 Å². The molecule has 1 aromatic carbocycles. The number of nitro groups is 1. The highest BCUT2D eigenvalue weighted by Gasteiger charge is 2.26. The molecule has 1 aliphatic heterocycles. The first kappa shape index (κ1) is 17.5. The number of thiazole rings is 1. The minimum absolute atomic E-state index is 0.0582. The third-order valence-electron chi connectivity index (χ3n) is 4.17. The Morgan fingerprint density at radius 2 is 2.04 bits per heavy atom. The number of nitro benzene ring substituents is 1. The highest BCUT2D eigenvalue weighted by molar-refractivity contribution is 7.13. The molecule has 8 heteroatoms. The SMILES string of the molecule is CCOc1cccc(N2CCCN(c3nc(C)cs3)CC2)c1[N+](=O)[O-]. The van der Waals surface area contributed by atoms with E-state index in [2.05, 4.69) is 14.8 Å². The van der Waals surface area contributed by atoms with E-state index in [1.807, 2.05) is 31.4 Å². The van der Waals surface area contributed by atoms with Gasteiger partial charge in [-0.25, -0.2) is 4.98 Å². The zero-order valence-corrected chi connectivity index (χ0v) is 15.3. The molecule has 1 aliphatic rings. The molecule has 0 aliphatic carbocycles. The van der Waals surface area contributed by atoms with Crippen molar-refractivity contribution in [2.75, 3.05) is 42.6 Å². The van der Waals surface area contributed by atoms with Gasteiger partial charge in [-0.1, -0.05) is 6.07 Å². The Kier molecular flexibility index (Phi) is 5.37. The molecular weight excluding hydrogens is 340 g/mol. The smallest absolute Gasteiger partial charge is 0.333 e. The molecular formula is C17H22N4O3S. The van der Waals surface area contributed by atoms with Crippen molar-refractivity contribution in [1.82, 2.24) is 4.98 Å². The maximum absolute atomic E-state index is 11.6. The highest BCUT2D eigenvalue weighted by Crippen LogP contribution is 2.37. The standard InChI is InChI=1S/C17H22N4O3S/c1-3-24-15-7-4-6-14(16(15)21(22)23)19-8-5-9-20(11-10-19)17-18-13(2)12-25-17/h4,6-7,12H,3,5,8-11H2,1-2H3. The lowest BCUT2D eigenvalue weighted by atomic mass is 10.2. The Morgan fingerprint density at radius 1 is 1.28 bits per heavy atom. The van der Waals surface area contributed by atoms with E-state index < -0.39 is 0 Å². The van der Waals surface area contributed by atoms with Crippen LogP contribution in [0.2, 0.25) is 0 Å². The molecule has 0 saturated carbocycles.